The van der Waals surface area contributed by atoms with Crippen LogP contribution in [-0.4, -0.2) is 69.4 Å². The van der Waals surface area contributed by atoms with Crippen LogP contribution < -0.4 is 0 Å². The molecule has 0 bridgehead atoms. The highest BCUT2D eigenvalue weighted by atomic mass is 16.3. The maximum Gasteiger partial charge on any atom is 0.0950 e. The lowest BCUT2D eigenvalue weighted by Crippen LogP contribution is -2.44. The van der Waals surface area contributed by atoms with Crippen LogP contribution >= 0.6 is 0 Å². The van der Waals surface area contributed by atoms with E-state index < -0.39 is 6.10 Å². The molecule has 6 heteroatoms. The first-order valence-electron chi connectivity index (χ1n) is 10.9. The lowest BCUT2D eigenvalue weighted by atomic mass is 9.98. The third-order valence-electron chi connectivity index (χ3n) is 6.50. The first kappa shape index (κ1) is 20.5. The molecule has 2 aliphatic rings. The summed E-state index contributed by atoms with van der Waals surface area (Å²) in [6.45, 7) is 15.7. The maximum absolute atomic E-state index is 9.82. The van der Waals surface area contributed by atoms with Crippen LogP contribution in [0.5, 0.6) is 0 Å². The number of aliphatic hydroxyl groups excluding tert-OH is 1. The van der Waals surface area contributed by atoms with Crippen LogP contribution in [0.2, 0.25) is 0 Å². The molecule has 1 saturated heterocycles. The van der Waals surface area contributed by atoms with E-state index in [0.29, 0.717) is 0 Å². The van der Waals surface area contributed by atoms with Gasteiger partial charge >= 0.3 is 0 Å². The lowest BCUT2D eigenvalue weighted by Gasteiger charge is -2.33. The normalized spacial score (nSPS) is 20.0. The Balaban J connectivity index is 1.45. The van der Waals surface area contributed by atoms with Gasteiger partial charge in [0.1, 0.15) is 0 Å². The van der Waals surface area contributed by atoms with Crippen molar-refractivity contribution in [2.75, 3.05) is 39.8 Å². The highest BCUT2D eigenvalue weighted by Gasteiger charge is 2.21. The zero-order chi connectivity index (χ0) is 20.5. The number of aryl methyl sites for hydroxylation is 2. The molecule has 158 valence electrons. The van der Waals surface area contributed by atoms with Crippen LogP contribution in [0.1, 0.15) is 46.7 Å². The number of hydrogen-bond donors (Lipinski definition) is 1. The van der Waals surface area contributed by atoms with Crippen molar-refractivity contribution in [1.29, 1.82) is 0 Å². The van der Waals surface area contributed by atoms with Gasteiger partial charge in [-0.1, -0.05) is 12.1 Å². The van der Waals surface area contributed by atoms with Crippen molar-refractivity contribution in [3.63, 3.8) is 0 Å². The van der Waals surface area contributed by atoms with Crippen molar-refractivity contribution in [3.8, 4) is 0 Å². The molecule has 0 spiro atoms. The van der Waals surface area contributed by atoms with Gasteiger partial charge in [-0.15, -0.1) is 0 Å². The van der Waals surface area contributed by atoms with Crippen LogP contribution in [0.4, 0.5) is 0 Å². The van der Waals surface area contributed by atoms with Gasteiger partial charge in [0.2, 0.25) is 0 Å². The summed E-state index contributed by atoms with van der Waals surface area (Å²) >= 11 is 0. The second-order valence-electron chi connectivity index (χ2n) is 8.95. The minimum atomic E-state index is -0.502. The summed E-state index contributed by atoms with van der Waals surface area (Å²) in [5, 5.41) is 14.4. The molecule has 0 aliphatic carbocycles. The number of fused-ring (bicyclic) bond motifs is 1. The molecule has 1 aromatic heterocycles. The molecule has 2 aromatic rings. The van der Waals surface area contributed by atoms with E-state index in [4.69, 9.17) is 0 Å². The fourth-order valence-electron chi connectivity index (χ4n) is 4.46. The number of rotatable bonds is 5. The summed E-state index contributed by atoms with van der Waals surface area (Å²) in [7, 11) is 2.21. The van der Waals surface area contributed by atoms with E-state index in [1.807, 2.05) is 0 Å². The average molecular weight is 398 g/mol. The molecule has 6 nitrogen and oxygen atoms in total. The molecular formula is C23H35N5O. The number of piperazine rings is 1. The SMILES string of the molecule is Cc1cc(C)c(CN2CCn3nc([C@H](C)O)cc3C2)cc1CN1CCN(C)CC1. The number of aromatic nitrogens is 2. The Morgan fingerprint density at radius 1 is 0.897 bits per heavy atom. The predicted octanol–water partition coefficient (Wildman–Crippen LogP) is 2.32. The number of likely N-dealkylation sites (N-methyl/N-ethyl adjacent to an activating group) is 1. The van der Waals surface area contributed by atoms with Crippen molar-refractivity contribution >= 4 is 0 Å². The zero-order valence-corrected chi connectivity index (χ0v) is 18.4. The largest absolute Gasteiger partial charge is 0.387 e. The minimum absolute atomic E-state index is 0.502. The van der Waals surface area contributed by atoms with Crippen LogP contribution in [0, 0.1) is 13.8 Å². The Morgan fingerprint density at radius 2 is 1.52 bits per heavy atom. The Hall–Kier alpha value is -1.73. The first-order valence-corrected chi connectivity index (χ1v) is 10.9. The fraction of sp³-hybridized carbons (Fsp3) is 0.609. The maximum atomic E-state index is 9.82. The number of aliphatic hydroxyl groups is 1. The molecule has 0 unspecified atom stereocenters. The van der Waals surface area contributed by atoms with E-state index >= 15 is 0 Å². The highest BCUT2D eigenvalue weighted by Crippen LogP contribution is 2.23. The van der Waals surface area contributed by atoms with E-state index in [9.17, 15) is 5.11 Å². The molecular weight excluding hydrogens is 362 g/mol. The zero-order valence-electron chi connectivity index (χ0n) is 18.4. The van der Waals surface area contributed by atoms with Gasteiger partial charge in [-0.05, 0) is 56.1 Å². The van der Waals surface area contributed by atoms with E-state index in [-0.39, 0.29) is 0 Å². The van der Waals surface area contributed by atoms with Crippen molar-refractivity contribution < 1.29 is 5.11 Å². The molecule has 3 heterocycles. The average Bonchev–Trinajstić information content (AvgIpc) is 3.11. The van der Waals surface area contributed by atoms with Crippen LogP contribution in [0.15, 0.2) is 18.2 Å². The van der Waals surface area contributed by atoms with Gasteiger partial charge in [0.05, 0.1) is 24.0 Å². The van der Waals surface area contributed by atoms with Crippen molar-refractivity contribution in [2.45, 2.75) is 53.1 Å². The Kier molecular flexibility index (Phi) is 6.06. The van der Waals surface area contributed by atoms with Crippen molar-refractivity contribution in [1.82, 2.24) is 24.5 Å². The molecule has 0 saturated carbocycles. The molecule has 1 atom stereocenters. The van der Waals surface area contributed by atoms with E-state index in [2.05, 4.69) is 63.6 Å². The molecule has 1 fully saturated rings. The van der Waals surface area contributed by atoms with Crippen LogP contribution in [0.3, 0.4) is 0 Å². The third kappa shape index (κ3) is 4.72. The third-order valence-corrected chi connectivity index (χ3v) is 6.50. The van der Waals surface area contributed by atoms with Gasteiger partial charge < -0.3 is 10.0 Å². The fourth-order valence-corrected chi connectivity index (χ4v) is 4.46. The predicted molar refractivity (Wildman–Crippen MR) is 116 cm³/mol. The molecule has 2 aliphatic heterocycles. The Morgan fingerprint density at radius 3 is 2.17 bits per heavy atom. The quantitative estimate of drug-likeness (QED) is 0.839. The van der Waals surface area contributed by atoms with Crippen molar-refractivity contribution in [3.05, 3.63) is 51.8 Å². The van der Waals surface area contributed by atoms with Gasteiger partial charge in [0, 0.05) is 52.4 Å². The molecule has 0 radical (unpaired) electrons. The smallest absolute Gasteiger partial charge is 0.0950 e. The monoisotopic (exact) mass is 397 g/mol. The van der Waals surface area contributed by atoms with E-state index in [1.165, 1.54) is 27.9 Å². The van der Waals surface area contributed by atoms with Gasteiger partial charge in [-0.2, -0.15) is 5.10 Å². The second kappa shape index (κ2) is 8.56. The summed E-state index contributed by atoms with van der Waals surface area (Å²) in [5.74, 6) is 0. The molecule has 29 heavy (non-hydrogen) atoms. The number of benzene rings is 1. The van der Waals surface area contributed by atoms with Crippen LogP contribution in [-0.2, 0) is 26.2 Å². The molecule has 1 aromatic carbocycles. The van der Waals surface area contributed by atoms with Gasteiger partial charge in [-0.25, -0.2) is 0 Å². The topological polar surface area (TPSA) is 47.8 Å². The van der Waals surface area contributed by atoms with E-state index in [0.717, 1.165) is 64.6 Å². The van der Waals surface area contributed by atoms with Crippen molar-refractivity contribution in [2.24, 2.45) is 0 Å². The first-order chi connectivity index (χ1) is 13.9. The second-order valence-corrected chi connectivity index (χ2v) is 8.95. The lowest BCUT2D eigenvalue weighted by molar-refractivity contribution is 0.148. The number of hydrogen-bond acceptors (Lipinski definition) is 5. The summed E-state index contributed by atoms with van der Waals surface area (Å²) in [6.07, 6.45) is -0.502. The van der Waals surface area contributed by atoms with Gasteiger partial charge in [0.15, 0.2) is 0 Å². The minimum Gasteiger partial charge on any atom is -0.387 e. The summed E-state index contributed by atoms with van der Waals surface area (Å²) < 4.78 is 2.05. The molecule has 0 amide bonds. The van der Waals surface area contributed by atoms with E-state index in [1.54, 1.807) is 6.92 Å². The standard InChI is InChI=1S/C23H35N5O/c1-17-11-18(2)21(12-20(17)14-26-7-5-25(4)6-8-26)15-27-9-10-28-22(16-27)13-23(24-28)19(3)29/h11-13,19,29H,5-10,14-16H2,1-4H3/t19-/m0/s1. The van der Waals surface area contributed by atoms with Gasteiger partial charge in [0.25, 0.3) is 0 Å². The molecule has 1 N–H and O–H groups in total. The summed E-state index contributed by atoms with van der Waals surface area (Å²) in [5.41, 5.74) is 7.67. The van der Waals surface area contributed by atoms with Gasteiger partial charge in [-0.3, -0.25) is 14.5 Å². The van der Waals surface area contributed by atoms with Crippen LogP contribution in [0.25, 0.3) is 0 Å². The highest BCUT2D eigenvalue weighted by molar-refractivity contribution is 5.37. The molecule has 4 rings (SSSR count). The Labute approximate surface area is 174 Å². The number of nitrogens with zero attached hydrogens (tertiary/aromatic N) is 5. The Bertz CT molecular complexity index is 851. The summed E-state index contributed by atoms with van der Waals surface area (Å²) in [6, 6.07) is 6.86. The summed E-state index contributed by atoms with van der Waals surface area (Å²) in [4.78, 5) is 7.49.